The van der Waals surface area contributed by atoms with Gasteiger partial charge in [-0.2, -0.15) is 0 Å². The van der Waals surface area contributed by atoms with Gasteiger partial charge in [-0.05, 0) is 6.42 Å². The molecular formula is C15H19N3O10. The number of hydrogen-bond acceptors (Lipinski definition) is 8. The average Bonchev–Trinajstić information content (AvgIpc) is 2.86. The summed E-state index contributed by atoms with van der Waals surface area (Å²) < 4.78 is 6.18. The molecule has 2 rings (SSSR count). The van der Waals surface area contributed by atoms with Crippen molar-refractivity contribution in [1.29, 1.82) is 0 Å². The van der Waals surface area contributed by atoms with Crippen molar-refractivity contribution in [2.45, 2.75) is 49.8 Å². The summed E-state index contributed by atoms with van der Waals surface area (Å²) in [6, 6.07) is -0.450. The summed E-state index contributed by atoms with van der Waals surface area (Å²) >= 11 is 0. The zero-order valence-electron chi connectivity index (χ0n) is 14.3. The van der Waals surface area contributed by atoms with Crippen LogP contribution in [0.25, 0.3) is 0 Å². The van der Waals surface area contributed by atoms with Crippen LogP contribution in [0.15, 0.2) is 21.9 Å². The number of amides is 1. The Balaban J connectivity index is 2.04. The number of carbonyl (C=O) groups excluding carboxylic acids is 1. The second-order valence-corrected chi connectivity index (χ2v) is 6.16. The predicted molar refractivity (Wildman–Crippen MR) is 88.3 cm³/mol. The number of aliphatic carboxylic acids is 2. The average molecular weight is 401 g/mol. The van der Waals surface area contributed by atoms with Gasteiger partial charge in [-0.3, -0.25) is 23.9 Å². The molecule has 0 radical (unpaired) electrons. The molecule has 1 aliphatic heterocycles. The first-order valence-electron chi connectivity index (χ1n) is 8.17. The summed E-state index contributed by atoms with van der Waals surface area (Å²) in [7, 11) is 0. The number of aliphatic hydroxyl groups excluding tert-OH is 2. The highest BCUT2D eigenvalue weighted by molar-refractivity contribution is 5.84. The van der Waals surface area contributed by atoms with Crippen LogP contribution in [-0.4, -0.2) is 72.2 Å². The van der Waals surface area contributed by atoms with Crippen LogP contribution in [0.2, 0.25) is 0 Å². The van der Waals surface area contributed by atoms with Gasteiger partial charge in [0.1, 0.15) is 18.2 Å². The molecule has 13 heteroatoms. The molecule has 28 heavy (non-hydrogen) atoms. The molecule has 6 N–H and O–H groups in total. The van der Waals surface area contributed by atoms with Gasteiger partial charge in [-0.25, -0.2) is 9.59 Å². The fourth-order valence-corrected chi connectivity index (χ4v) is 2.72. The quantitative estimate of drug-likeness (QED) is 0.260. The first-order valence-corrected chi connectivity index (χ1v) is 8.17. The molecule has 0 saturated carbocycles. The largest absolute Gasteiger partial charge is 0.481 e. The summed E-state index contributed by atoms with van der Waals surface area (Å²) in [4.78, 5) is 58.6. The van der Waals surface area contributed by atoms with Crippen molar-refractivity contribution in [3.8, 4) is 0 Å². The Morgan fingerprint density at radius 2 is 1.89 bits per heavy atom. The van der Waals surface area contributed by atoms with Crippen molar-refractivity contribution in [3.63, 3.8) is 0 Å². The second kappa shape index (κ2) is 8.77. The van der Waals surface area contributed by atoms with E-state index in [1.165, 1.54) is 0 Å². The van der Waals surface area contributed by atoms with Crippen LogP contribution in [0, 0.1) is 0 Å². The summed E-state index contributed by atoms with van der Waals surface area (Å²) in [5, 5.41) is 39.9. The van der Waals surface area contributed by atoms with Crippen molar-refractivity contribution < 1.29 is 39.5 Å². The van der Waals surface area contributed by atoms with Gasteiger partial charge in [0.25, 0.3) is 5.56 Å². The maximum absolute atomic E-state index is 12.1. The number of aromatic amines is 1. The van der Waals surface area contributed by atoms with Crippen LogP contribution in [0.4, 0.5) is 0 Å². The molecule has 0 aromatic carbocycles. The number of nitrogens with one attached hydrogen (secondary N) is 2. The molecule has 1 aromatic rings. The van der Waals surface area contributed by atoms with Gasteiger partial charge in [0, 0.05) is 18.7 Å². The van der Waals surface area contributed by atoms with E-state index >= 15 is 0 Å². The number of nitrogens with zero attached hydrogens (tertiary/aromatic N) is 1. The summed E-state index contributed by atoms with van der Waals surface area (Å²) in [6.45, 7) is 0. The van der Waals surface area contributed by atoms with Crippen LogP contribution in [0.1, 0.15) is 25.5 Å². The number of hydrogen-bond donors (Lipinski definition) is 6. The van der Waals surface area contributed by atoms with E-state index in [4.69, 9.17) is 14.9 Å². The topological polar surface area (TPSA) is 208 Å². The van der Waals surface area contributed by atoms with E-state index in [9.17, 15) is 34.2 Å². The number of aromatic nitrogens is 2. The standard InChI is InChI=1S/C15H19N3O10/c19-8-3-4-18(15(27)17-8)13-12(24)11(23)7(28-13)5-9(20)16-6(14(25)26)1-2-10(21)22/h3-4,6-7,11-13,23-24H,1-2,5H2,(H,16,20)(H,21,22)(H,25,26)(H,17,19,27). The summed E-state index contributed by atoms with van der Waals surface area (Å²) in [5.74, 6) is -3.52. The van der Waals surface area contributed by atoms with E-state index in [0.717, 1.165) is 16.8 Å². The fourth-order valence-electron chi connectivity index (χ4n) is 2.72. The van der Waals surface area contributed by atoms with E-state index in [1.807, 2.05) is 4.98 Å². The normalized spacial score (nSPS) is 25.2. The number of ether oxygens (including phenoxy) is 1. The number of H-pyrrole nitrogens is 1. The monoisotopic (exact) mass is 401 g/mol. The lowest BCUT2D eigenvalue weighted by atomic mass is 10.1. The van der Waals surface area contributed by atoms with E-state index in [2.05, 4.69) is 5.32 Å². The van der Waals surface area contributed by atoms with Gasteiger partial charge in [-0.1, -0.05) is 0 Å². The molecule has 0 spiro atoms. The van der Waals surface area contributed by atoms with Gasteiger partial charge >= 0.3 is 17.6 Å². The smallest absolute Gasteiger partial charge is 0.330 e. The lowest BCUT2D eigenvalue weighted by Gasteiger charge is -2.17. The molecule has 0 aliphatic carbocycles. The highest BCUT2D eigenvalue weighted by Crippen LogP contribution is 2.29. The molecule has 1 aromatic heterocycles. The number of aliphatic hydroxyl groups is 2. The first kappa shape index (κ1) is 21.3. The zero-order chi connectivity index (χ0) is 21.0. The third-order valence-corrected chi connectivity index (χ3v) is 4.13. The Labute approximate surface area is 156 Å². The highest BCUT2D eigenvalue weighted by atomic mass is 16.6. The molecule has 1 fully saturated rings. The van der Waals surface area contributed by atoms with Gasteiger partial charge < -0.3 is 30.5 Å². The molecule has 0 bridgehead atoms. The van der Waals surface area contributed by atoms with Crippen molar-refractivity contribution >= 4 is 17.8 Å². The summed E-state index contributed by atoms with van der Waals surface area (Å²) in [5.41, 5.74) is -1.57. The zero-order valence-corrected chi connectivity index (χ0v) is 14.3. The fraction of sp³-hybridized carbons (Fsp3) is 0.533. The van der Waals surface area contributed by atoms with Gasteiger partial charge in [-0.15, -0.1) is 0 Å². The molecule has 1 aliphatic rings. The van der Waals surface area contributed by atoms with Crippen LogP contribution >= 0.6 is 0 Å². The predicted octanol–water partition coefficient (Wildman–Crippen LogP) is -3.02. The Bertz CT molecular complexity index is 862. The lowest BCUT2D eigenvalue weighted by Crippen LogP contribution is -2.43. The molecule has 1 saturated heterocycles. The maximum Gasteiger partial charge on any atom is 0.330 e. The van der Waals surface area contributed by atoms with Crippen LogP contribution < -0.4 is 16.6 Å². The summed E-state index contributed by atoms with van der Waals surface area (Å²) in [6.07, 6.45) is -6.13. The first-order chi connectivity index (χ1) is 13.1. The number of carbonyl (C=O) groups is 3. The minimum absolute atomic E-state index is 0.345. The Hall–Kier alpha value is -3.03. The third-order valence-electron chi connectivity index (χ3n) is 4.13. The van der Waals surface area contributed by atoms with Gasteiger partial charge in [0.15, 0.2) is 6.23 Å². The molecular weight excluding hydrogens is 382 g/mol. The SMILES string of the molecule is O=C(O)CCC(NC(=O)CC1OC(n2ccc(=O)[nH]c2=O)C(O)C1O)C(=O)O. The van der Waals surface area contributed by atoms with Crippen molar-refractivity contribution in [3.05, 3.63) is 33.1 Å². The van der Waals surface area contributed by atoms with Gasteiger partial charge in [0.05, 0.1) is 12.5 Å². The highest BCUT2D eigenvalue weighted by Gasteiger charge is 2.45. The minimum Gasteiger partial charge on any atom is -0.481 e. The van der Waals surface area contributed by atoms with Crippen molar-refractivity contribution in [1.82, 2.24) is 14.9 Å². The van der Waals surface area contributed by atoms with Gasteiger partial charge in [0.2, 0.25) is 5.91 Å². The molecule has 154 valence electrons. The maximum atomic E-state index is 12.1. The van der Waals surface area contributed by atoms with Crippen LogP contribution in [0.5, 0.6) is 0 Å². The molecule has 1 amide bonds. The second-order valence-electron chi connectivity index (χ2n) is 6.16. The molecule has 13 nitrogen and oxygen atoms in total. The van der Waals surface area contributed by atoms with Crippen molar-refractivity contribution in [2.24, 2.45) is 0 Å². The Morgan fingerprint density at radius 3 is 2.46 bits per heavy atom. The third kappa shape index (κ3) is 5.03. The van der Waals surface area contributed by atoms with E-state index in [1.54, 1.807) is 0 Å². The molecule has 2 heterocycles. The van der Waals surface area contributed by atoms with E-state index in [0.29, 0.717) is 0 Å². The number of carboxylic acid groups (broad SMARTS) is 2. The number of rotatable bonds is 8. The van der Waals surface area contributed by atoms with E-state index < -0.39 is 72.5 Å². The number of carboxylic acids is 2. The Kier molecular flexibility index (Phi) is 6.66. The lowest BCUT2D eigenvalue weighted by molar-refractivity contribution is -0.143. The molecule has 5 atom stereocenters. The Morgan fingerprint density at radius 1 is 1.21 bits per heavy atom. The van der Waals surface area contributed by atoms with Crippen LogP contribution in [0.3, 0.4) is 0 Å². The van der Waals surface area contributed by atoms with E-state index in [-0.39, 0.29) is 6.42 Å². The minimum atomic E-state index is -1.59. The van der Waals surface area contributed by atoms with Crippen molar-refractivity contribution in [2.75, 3.05) is 0 Å². The van der Waals surface area contributed by atoms with Crippen LogP contribution in [-0.2, 0) is 19.1 Å². The molecule has 5 unspecified atom stereocenters.